The minimum absolute atomic E-state index is 0.0279. The Bertz CT molecular complexity index is 363. The van der Waals surface area contributed by atoms with Gasteiger partial charge in [-0.2, -0.15) is 0 Å². The first-order chi connectivity index (χ1) is 7.12. The third-order valence-corrected chi connectivity index (χ3v) is 4.41. The summed E-state index contributed by atoms with van der Waals surface area (Å²) in [6.07, 6.45) is 2.03. The van der Waals surface area contributed by atoms with Crippen molar-refractivity contribution in [2.45, 2.75) is 52.2 Å². The molecule has 0 bridgehead atoms. The molecular weight excluding hydrogens is 226 g/mol. The standard InChI is InChI=1S/C11H21NO3S/c1-8(7-11(2,3)4)10(13)12-16(14,15)9-5-6-9/h8-9H,5-7H2,1-4H3,(H,12,13)/t8-/m1/s1. The highest BCUT2D eigenvalue weighted by Gasteiger charge is 2.37. The average Bonchev–Trinajstić information content (AvgIpc) is 2.80. The number of sulfonamides is 1. The fourth-order valence-electron chi connectivity index (χ4n) is 1.71. The van der Waals surface area contributed by atoms with Crippen molar-refractivity contribution in [2.75, 3.05) is 0 Å². The summed E-state index contributed by atoms with van der Waals surface area (Å²) in [4.78, 5) is 11.7. The van der Waals surface area contributed by atoms with Gasteiger partial charge < -0.3 is 0 Å². The van der Waals surface area contributed by atoms with Crippen LogP contribution in [-0.4, -0.2) is 19.6 Å². The van der Waals surface area contributed by atoms with Gasteiger partial charge in [-0.1, -0.05) is 27.7 Å². The van der Waals surface area contributed by atoms with Gasteiger partial charge in [0.05, 0.1) is 5.25 Å². The Balaban J connectivity index is 2.52. The molecule has 0 aliphatic heterocycles. The van der Waals surface area contributed by atoms with E-state index in [1.54, 1.807) is 6.92 Å². The predicted molar refractivity (Wildman–Crippen MR) is 63.3 cm³/mol. The summed E-state index contributed by atoms with van der Waals surface area (Å²) in [5.41, 5.74) is 0.0279. The molecule has 1 atom stereocenters. The molecule has 0 heterocycles. The van der Waals surface area contributed by atoms with Crippen molar-refractivity contribution in [1.82, 2.24) is 4.72 Å². The second-order valence-corrected chi connectivity index (χ2v) is 7.84. The van der Waals surface area contributed by atoms with E-state index in [0.717, 1.165) is 0 Å². The number of carbonyl (C=O) groups excluding carboxylic acids is 1. The van der Waals surface area contributed by atoms with Crippen molar-refractivity contribution in [1.29, 1.82) is 0 Å². The molecule has 1 N–H and O–H groups in total. The second-order valence-electron chi connectivity index (χ2n) is 5.88. The fourth-order valence-corrected chi connectivity index (χ4v) is 3.12. The van der Waals surface area contributed by atoms with Crippen LogP contribution < -0.4 is 4.72 Å². The molecule has 1 saturated carbocycles. The minimum Gasteiger partial charge on any atom is -0.274 e. The first-order valence-corrected chi connectivity index (χ1v) is 7.22. The van der Waals surface area contributed by atoms with Crippen LogP contribution in [0.1, 0.15) is 47.0 Å². The highest BCUT2D eigenvalue weighted by atomic mass is 32.2. The average molecular weight is 247 g/mol. The molecule has 0 aromatic heterocycles. The Hall–Kier alpha value is -0.580. The third-order valence-electron chi connectivity index (χ3n) is 2.57. The molecule has 0 saturated heterocycles. The molecule has 1 amide bonds. The third kappa shape index (κ3) is 4.12. The molecule has 0 aromatic carbocycles. The summed E-state index contributed by atoms with van der Waals surface area (Å²) in [5, 5.41) is -0.335. The zero-order valence-electron chi connectivity index (χ0n) is 10.4. The van der Waals surface area contributed by atoms with Gasteiger partial charge in [0, 0.05) is 5.92 Å². The van der Waals surface area contributed by atoms with Crippen LogP contribution in [0.2, 0.25) is 0 Å². The van der Waals surface area contributed by atoms with E-state index >= 15 is 0 Å². The van der Waals surface area contributed by atoms with Gasteiger partial charge in [-0.25, -0.2) is 8.42 Å². The van der Waals surface area contributed by atoms with Gasteiger partial charge in [0.15, 0.2) is 0 Å². The van der Waals surface area contributed by atoms with Crippen LogP contribution in [0.3, 0.4) is 0 Å². The summed E-state index contributed by atoms with van der Waals surface area (Å²) in [5.74, 6) is -0.643. The van der Waals surface area contributed by atoms with E-state index in [9.17, 15) is 13.2 Å². The van der Waals surface area contributed by atoms with Crippen LogP contribution in [0.4, 0.5) is 0 Å². The lowest BCUT2D eigenvalue weighted by Crippen LogP contribution is -2.37. The van der Waals surface area contributed by atoms with Crippen molar-refractivity contribution in [2.24, 2.45) is 11.3 Å². The van der Waals surface area contributed by atoms with Gasteiger partial charge in [0.25, 0.3) is 0 Å². The van der Waals surface area contributed by atoms with Crippen molar-refractivity contribution in [3.8, 4) is 0 Å². The maximum absolute atomic E-state index is 11.7. The Kier molecular flexibility index (Phi) is 3.67. The van der Waals surface area contributed by atoms with Crippen molar-refractivity contribution in [3.63, 3.8) is 0 Å². The molecule has 1 aliphatic rings. The lowest BCUT2D eigenvalue weighted by molar-refractivity contribution is -0.123. The maximum atomic E-state index is 11.7. The van der Waals surface area contributed by atoms with E-state index in [0.29, 0.717) is 19.3 Å². The van der Waals surface area contributed by atoms with Crippen LogP contribution in [0.15, 0.2) is 0 Å². The smallest absolute Gasteiger partial charge is 0.237 e. The molecule has 1 fully saturated rings. The van der Waals surface area contributed by atoms with E-state index in [1.807, 2.05) is 20.8 Å². The van der Waals surface area contributed by atoms with Crippen LogP contribution >= 0.6 is 0 Å². The van der Waals surface area contributed by atoms with E-state index in [4.69, 9.17) is 0 Å². The minimum atomic E-state index is -3.39. The fraction of sp³-hybridized carbons (Fsp3) is 0.909. The number of carbonyl (C=O) groups is 1. The molecule has 0 radical (unpaired) electrons. The van der Waals surface area contributed by atoms with E-state index < -0.39 is 10.0 Å². The molecule has 5 heteroatoms. The van der Waals surface area contributed by atoms with Crippen molar-refractivity contribution in [3.05, 3.63) is 0 Å². The molecule has 0 unspecified atom stereocenters. The summed E-state index contributed by atoms with van der Waals surface area (Å²) in [6, 6.07) is 0. The molecule has 0 aromatic rings. The quantitative estimate of drug-likeness (QED) is 0.822. The van der Waals surface area contributed by atoms with Crippen LogP contribution in [0.5, 0.6) is 0 Å². The van der Waals surface area contributed by atoms with E-state index in [2.05, 4.69) is 4.72 Å². The van der Waals surface area contributed by atoms with Gasteiger partial charge in [0.2, 0.25) is 15.9 Å². The Morgan fingerprint density at radius 2 is 1.88 bits per heavy atom. The summed E-state index contributed by atoms with van der Waals surface area (Å²) >= 11 is 0. The largest absolute Gasteiger partial charge is 0.274 e. The monoisotopic (exact) mass is 247 g/mol. The highest BCUT2D eigenvalue weighted by molar-refractivity contribution is 7.90. The van der Waals surface area contributed by atoms with Gasteiger partial charge >= 0.3 is 0 Å². The summed E-state index contributed by atoms with van der Waals surface area (Å²) < 4.78 is 25.3. The number of nitrogens with one attached hydrogen (secondary N) is 1. The molecule has 0 spiro atoms. The van der Waals surface area contributed by atoms with Crippen LogP contribution in [0.25, 0.3) is 0 Å². The molecule has 4 nitrogen and oxygen atoms in total. The van der Waals surface area contributed by atoms with Crippen LogP contribution in [-0.2, 0) is 14.8 Å². The van der Waals surface area contributed by atoms with E-state index in [-0.39, 0.29) is 22.5 Å². The highest BCUT2D eigenvalue weighted by Crippen LogP contribution is 2.28. The van der Waals surface area contributed by atoms with Gasteiger partial charge in [-0.3, -0.25) is 9.52 Å². The van der Waals surface area contributed by atoms with Gasteiger partial charge in [-0.15, -0.1) is 0 Å². The number of hydrogen-bond acceptors (Lipinski definition) is 3. The molecule has 16 heavy (non-hydrogen) atoms. The molecule has 1 rings (SSSR count). The zero-order chi connectivity index (χ0) is 12.6. The number of rotatable bonds is 4. The van der Waals surface area contributed by atoms with Crippen molar-refractivity contribution < 1.29 is 13.2 Å². The number of amides is 1. The predicted octanol–water partition coefficient (Wildman–Crippen LogP) is 1.67. The van der Waals surface area contributed by atoms with E-state index in [1.165, 1.54) is 0 Å². The maximum Gasteiger partial charge on any atom is 0.237 e. The zero-order valence-corrected chi connectivity index (χ0v) is 11.2. The lowest BCUT2D eigenvalue weighted by atomic mass is 9.85. The summed E-state index contributed by atoms with van der Waals surface area (Å²) in [7, 11) is -3.39. The first kappa shape index (κ1) is 13.5. The summed E-state index contributed by atoms with van der Waals surface area (Å²) in [6.45, 7) is 7.87. The Morgan fingerprint density at radius 3 is 2.25 bits per heavy atom. The first-order valence-electron chi connectivity index (χ1n) is 5.67. The van der Waals surface area contributed by atoms with Crippen LogP contribution in [0, 0.1) is 11.3 Å². The van der Waals surface area contributed by atoms with Gasteiger partial charge in [0.1, 0.15) is 0 Å². The molecule has 94 valence electrons. The van der Waals surface area contributed by atoms with Crippen molar-refractivity contribution >= 4 is 15.9 Å². The lowest BCUT2D eigenvalue weighted by Gasteiger charge is -2.22. The second kappa shape index (κ2) is 4.35. The number of hydrogen-bond donors (Lipinski definition) is 1. The topological polar surface area (TPSA) is 63.2 Å². The molecule has 1 aliphatic carbocycles. The Labute approximate surface area is 97.9 Å². The Morgan fingerprint density at radius 1 is 1.38 bits per heavy atom. The SMILES string of the molecule is C[C@H](CC(C)(C)C)C(=O)NS(=O)(=O)C1CC1. The van der Waals surface area contributed by atoms with Gasteiger partial charge in [-0.05, 0) is 24.7 Å². The normalized spacial score (nSPS) is 19.2. The molecular formula is C11H21NO3S.